The van der Waals surface area contributed by atoms with Crippen LogP contribution in [0.1, 0.15) is 36.0 Å². The summed E-state index contributed by atoms with van der Waals surface area (Å²) in [6.45, 7) is 0. The van der Waals surface area contributed by atoms with E-state index >= 15 is 0 Å². The van der Waals surface area contributed by atoms with Crippen molar-refractivity contribution in [3.8, 4) is 5.82 Å². The minimum Gasteiger partial charge on any atom is -0.393 e. The average molecular weight is 287 g/mol. The Kier molecular flexibility index (Phi) is 3.92. The van der Waals surface area contributed by atoms with Gasteiger partial charge in [0, 0.05) is 12.2 Å². The Hall–Kier alpha value is -2.28. The van der Waals surface area contributed by atoms with E-state index in [0.717, 1.165) is 25.7 Å². The first kappa shape index (κ1) is 13.7. The first-order valence-corrected chi connectivity index (χ1v) is 7.02. The molecule has 1 aliphatic carbocycles. The van der Waals surface area contributed by atoms with Gasteiger partial charge in [0.05, 0.1) is 11.7 Å². The number of hydrogen-bond donors (Lipinski definition) is 2. The predicted molar refractivity (Wildman–Crippen MR) is 74.9 cm³/mol. The highest BCUT2D eigenvalue weighted by atomic mass is 16.3. The molecule has 1 amide bonds. The Morgan fingerprint density at radius 2 is 1.90 bits per heavy atom. The van der Waals surface area contributed by atoms with Gasteiger partial charge in [0.1, 0.15) is 18.5 Å². The van der Waals surface area contributed by atoms with E-state index in [-0.39, 0.29) is 18.1 Å². The van der Waals surface area contributed by atoms with E-state index in [1.54, 1.807) is 35.6 Å². The maximum absolute atomic E-state index is 12.1. The van der Waals surface area contributed by atoms with Crippen molar-refractivity contribution in [3.63, 3.8) is 0 Å². The summed E-state index contributed by atoms with van der Waals surface area (Å²) >= 11 is 0. The monoisotopic (exact) mass is 287 g/mol. The lowest BCUT2D eigenvalue weighted by Crippen LogP contribution is -2.38. The van der Waals surface area contributed by atoms with Crippen LogP contribution in [0.4, 0.5) is 0 Å². The predicted octanol–water partition coefficient (Wildman–Crippen LogP) is 0.696. The first-order chi connectivity index (χ1) is 10.2. The Morgan fingerprint density at radius 1 is 1.19 bits per heavy atom. The number of hydrogen-bond acceptors (Lipinski definition) is 5. The molecule has 3 rings (SSSR count). The highest BCUT2D eigenvalue weighted by Gasteiger charge is 2.21. The number of carbonyl (C=O) groups excluding carboxylic acids is 1. The number of carbonyl (C=O) groups is 1. The smallest absolute Gasteiger partial charge is 0.253 e. The van der Waals surface area contributed by atoms with E-state index in [4.69, 9.17) is 0 Å². The van der Waals surface area contributed by atoms with Crippen molar-refractivity contribution in [2.75, 3.05) is 0 Å². The van der Waals surface area contributed by atoms with Crippen LogP contribution >= 0.6 is 0 Å². The molecule has 110 valence electrons. The lowest BCUT2D eigenvalue weighted by atomic mass is 9.93. The number of nitrogens with zero attached hydrogens (tertiary/aromatic N) is 4. The second-order valence-corrected chi connectivity index (χ2v) is 5.25. The normalized spacial score (nSPS) is 22.0. The molecule has 7 heteroatoms. The van der Waals surface area contributed by atoms with Crippen LogP contribution in [-0.4, -0.2) is 42.9 Å². The minimum absolute atomic E-state index is 0.126. The summed E-state index contributed by atoms with van der Waals surface area (Å²) in [5, 5.41) is 19.9. The van der Waals surface area contributed by atoms with Crippen LogP contribution in [0.5, 0.6) is 0 Å². The van der Waals surface area contributed by atoms with E-state index in [9.17, 15) is 9.90 Å². The third-order valence-corrected chi connectivity index (χ3v) is 3.73. The van der Waals surface area contributed by atoms with E-state index in [2.05, 4.69) is 20.5 Å². The molecular formula is C14H17N5O2. The Labute approximate surface area is 122 Å². The van der Waals surface area contributed by atoms with Crippen LogP contribution in [0, 0.1) is 0 Å². The van der Waals surface area contributed by atoms with Gasteiger partial charge < -0.3 is 10.4 Å². The van der Waals surface area contributed by atoms with E-state index in [1.165, 1.54) is 0 Å². The molecule has 0 spiro atoms. The van der Waals surface area contributed by atoms with Crippen LogP contribution in [0.2, 0.25) is 0 Å². The summed E-state index contributed by atoms with van der Waals surface area (Å²) in [4.78, 5) is 16.4. The molecule has 1 aliphatic rings. The summed E-state index contributed by atoms with van der Waals surface area (Å²) in [6.07, 6.45) is 7.56. The molecule has 2 heterocycles. The largest absolute Gasteiger partial charge is 0.393 e. The van der Waals surface area contributed by atoms with Crippen LogP contribution in [-0.2, 0) is 0 Å². The summed E-state index contributed by atoms with van der Waals surface area (Å²) < 4.78 is 1.67. The van der Waals surface area contributed by atoms with Crippen molar-refractivity contribution < 1.29 is 9.90 Å². The molecule has 2 aromatic heterocycles. The molecule has 2 N–H and O–H groups in total. The van der Waals surface area contributed by atoms with Gasteiger partial charge in [0.15, 0.2) is 0 Å². The lowest BCUT2D eigenvalue weighted by molar-refractivity contribution is 0.0867. The standard InChI is InChI=1S/C14H17N5O2/c20-12-4-2-11(3-5-12)18-14(21)10-1-6-13(15-7-10)19-8-16-17-9-19/h1,6-9,11-12,20H,2-5H2,(H,18,21). The minimum atomic E-state index is -0.220. The number of pyridine rings is 1. The number of nitrogens with one attached hydrogen (secondary N) is 1. The third-order valence-electron chi connectivity index (χ3n) is 3.73. The molecular weight excluding hydrogens is 270 g/mol. The van der Waals surface area contributed by atoms with Gasteiger partial charge in [-0.25, -0.2) is 4.98 Å². The molecule has 1 saturated carbocycles. The molecule has 0 aromatic carbocycles. The number of rotatable bonds is 3. The van der Waals surface area contributed by atoms with Gasteiger partial charge in [0.25, 0.3) is 5.91 Å². The third kappa shape index (κ3) is 3.25. The van der Waals surface area contributed by atoms with Crippen molar-refractivity contribution in [2.45, 2.75) is 37.8 Å². The van der Waals surface area contributed by atoms with Crippen molar-refractivity contribution in [2.24, 2.45) is 0 Å². The van der Waals surface area contributed by atoms with Gasteiger partial charge in [-0.1, -0.05) is 0 Å². The maximum Gasteiger partial charge on any atom is 0.253 e. The summed E-state index contributed by atoms with van der Waals surface area (Å²) in [5.74, 6) is 0.538. The van der Waals surface area contributed by atoms with E-state index in [1.807, 2.05) is 0 Å². The van der Waals surface area contributed by atoms with Gasteiger partial charge in [-0.15, -0.1) is 10.2 Å². The van der Waals surface area contributed by atoms with Crippen LogP contribution < -0.4 is 5.32 Å². The fraction of sp³-hybridized carbons (Fsp3) is 0.429. The second kappa shape index (κ2) is 6.01. The summed E-state index contributed by atoms with van der Waals surface area (Å²) in [7, 11) is 0. The molecule has 0 atom stereocenters. The van der Waals surface area contributed by atoms with E-state index < -0.39 is 0 Å². The van der Waals surface area contributed by atoms with Crippen molar-refractivity contribution >= 4 is 5.91 Å². The Bertz CT molecular complexity index is 588. The zero-order valence-corrected chi connectivity index (χ0v) is 11.5. The first-order valence-electron chi connectivity index (χ1n) is 7.02. The maximum atomic E-state index is 12.1. The fourth-order valence-electron chi connectivity index (χ4n) is 2.48. The molecule has 7 nitrogen and oxygen atoms in total. The zero-order chi connectivity index (χ0) is 14.7. The number of aromatic nitrogens is 4. The van der Waals surface area contributed by atoms with Gasteiger partial charge >= 0.3 is 0 Å². The molecule has 0 saturated heterocycles. The molecule has 0 aliphatic heterocycles. The van der Waals surface area contributed by atoms with Crippen molar-refractivity contribution in [3.05, 3.63) is 36.5 Å². The van der Waals surface area contributed by atoms with Crippen LogP contribution in [0.15, 0.2) is 31.0 Å². The van der Waals surface area contributed by atoms with Gasteiger partial charge in [-0.05, 0) is 37.8 Å². The van der Waals surface area contributed by atoms with Gasteiger partial charge in [-0.3, -0.25) is 9.36 Å². The highest BCUT2D eigenvalue weighted by molar-refractivity contribution is 5.94. The molecule has 0 bridgehead atoms. The Morgan fingerprint density at radius 3 is 2.52 bits per heavy atom. The van der Waals surface area contributed by atoms with Gasteiger partial charge in [-0.2, -0.15) is 0 Å². The van der Waals surface area contributed by atoms with Gasteiger partial charge in [0.2, 0.25) is 0 Å². The van der Waals surface area contributed by atoms with Crippen molar-refractivity contribution in [1.82, 2.24) is 25.1 Å². The highest BCUT2D eigenvalue weighted by Crippen LogP contribution is 2.18. The summed E-state index contributed by atoms with van der Waals surface area (Å²) in [5.41, 5.74) is 0.526. The van der Waals surface area contributed by atoms with Crippen LogP contribution in [0.3, 0.4) is 0 Å². The number of aliphatic hydroxyl groups excluding tert-OH is 1. The molecule has 2 aromatic rings. The second-order valence-electron chi connectivity index (χ2n) is 5.25. The quantitative estimate of drug-likeness (QED) is 0.866. The van der Waals surface area contributed by atoms with Crippen LogP contribution in [0.25, 0.3) is 5.82 Å². The average Bonchev–Trinajstić information content (AvgIpc) is 3.04. The SMILES string of the molecule is O=C(NC1CCC(O)CC1)c1ccc(-n2cnnc2)nc1. The van der Waals surface area contributed by atoms with E-state index in [0.29, 0.717) is 11.4 Å². The number of amides is 1. The molecule has 21 heavy (non-hydrogen) atoms. The molecule has 1 fully saturated rings. The Balaban J connectivity index is 1.62. The number of aliphatic hydroxyl groups is 1. The van der Waals surface area contributed by atoms with Crippen molar-refractivity contribution in [1.29, 1.82) is 0 Å². The zero-order valence-electron chi connectivity index (χ0n) is 11.5. The molecule has 0 unspecified atom stereocenters. The fourth-order valence-corrected chi connectivity index (χ4v) is 2.48. The lowest BCUT2D eigenvalue weighted by Gasteiger charge is -2.26. The summed E-state index contributed by atoms with van der Waals surface area (Å²) in [6, 6.07) is 3.62. The topological polar surface area (TPSA) is 92.9 Å². The molecule has 0 radical (unpaired) electrons.